The van der Waals surface area contributed by atoms with Gasteiger partial charge in [0.1, 0.15) is 19.0 Å². The molecule has 1 heterocycles. The van der Waals surface area contributed by atoms with Gasteiger partial charge in [0.25, 0.3) is 11.8 Å². The topological polar surface area (TPSA) is 124 Å². The summed E-state index contributed by atoms with van der Waals surface area (Å²) < 4.78 is 10.4. The maximum Gasteiger partial charge on any atom is 0.363 e. The lowest BCUT2D eigenvalue weighted by atomic mass is 10.2. The van der Waals surface area contributed by atoms with Crippen molar-refractivity contribution in [3.63, 3.8) is 0 Å². The van der Waals surface area contributed by atoms with Crippen LogP contribution in [0.3, 0.4) is 0 Å². The fourth-order valence-corrected chi connectivity index (χ4v) is 2.60. The lowest BCUT2D eigenvalue weighted by Gasteiger charge is -2.12. The SMILES string of the molecule is C=C(C)C(=O)OCCOc1ccc(N=Nc2ccc(C(=O)ON3C(=O)CCC3=O)cc2)cc1. The minimum atomic E-state index is -0.813. The molecule has 0 radical (unpaired) electrons. The first-order valence-electron chi connectivity index (χ1n) is 9.99. The van der Waals surface area contributed by atoms with Crippen LogP contribution in [0.2, 0.25) is 0 Å². The van der Waals surface area contributed by atoms with Gasteiger partial charge in [-0.15, -0.1) is 5.06 Å². The van der Waals surface area contributed by atoms with Gasteiger partial charge in [0.15, 0.2) is 0 Å². The van der Waals surface area contributed by atoms with E-state index >= 15 is 0 Å². The van der Waals surface area contributed by atoms with Crippen molar-refractivity contribution in [1.82, 2.24) is 5.06 Å². The van der Waals surface area contributed by atoms with Gasteiger partial charge in [0.2, 0.25) is 0 Å². The fourth-order valence-electron chi connectivity index (χ4n) is 2.60. The number of carbonyl (C=O) groups is 4. The zero-order chi connectivity index (χ0) is 23.8. The van der Waals surface area contributed by atoms with Gasteiger partial charge in [-0.25, -0.2) is 9.59 Å². The Hall–Kier alpha value is -4.34. The average molecular weight is 451 g/mol. The van der Waals surface area contributed by atoms with E-state index < -0.39 is 23.8 Å². The van der Waals surface area contributed by atoms with Crippen molar-refractivity contribution < 1.29 is 33.5 Å². The normalized spacial score (nSPS) is 13.3. The van der Waals surface area contributed by atoms with Crippen molar-refractivity contribution in [2.75, 3.05) is 13.2 Å². The highest BCUT2D eigenvalue weighted by Gasteiger charge is 2.33. The van der Waals surface area contributed by atoms with Crippen LogP contribution in [0.4, 0.5) is 11.4 Å². The maximum absolute atomic E-state index is 12.1. The monoisotopic (exact) mass is 451 g/mol. The van der Waals surface area contributed by atoms with Crippen LogP contribution in [0.1, 0.15) is 30.1 Å². The first kappa shape index (κ1) is 23.3. The molecule has 0 aromatic heterocycles. The molecular formula is C23H21N3O7. The number of azo groups is 1. The molecular weight excluding hydrogens is 430 g/mol. The molecule has 10 nitrogen and oxygen atoms in total. The van der Waals surface area contributed by atoms with E-state index in [4.69, 9.17) is 14.3 Å². The van der Waals surface area contributed by atoms with Crippen LogP contribution < -0.4 is 4.74 Å². The Kier molecular flexibility index (Phi) is 7.64. The number of benzene rings is 2. The van der Waals surface area contributed by atoms with Crippen molar-refractivity contribution in [2.24, 2.45) is 10.2 Å². The summed E-state index contributed by atoms with van der Waals surface area (Å²) in [6.07, 6.45) is 0.0623. The molecule has 10 heteroatoms. The molecule has 170 valence electrons. The van der Waals surface area contributed by atoms with Crippen molar-refractivity contribution >= 4 is 35.1 Å². The predicted octanol–water partition coefficient (Wildman–Crippen LogP) is 3.82. The van der Waals surface area contributed by atoms with Crippen LogP contribution >= 0.6 is 0 Å². The predicted molar refractivity (Wildman–Crippen MR) is 115 cm³/mol. The van der Waals surface area contributed by atoms with E-state index in [1.54, 1.807) is 43.3 Å². The molecule has 0 spiro atoms. The summed E-state index contributed by atoms with van der Waals surface area (Å²) in [5, 5.41) is 8.70. The molecule has 1 aliphatic heterocycles. The Morgan fingerprint density at radius 3 is 2.00 bits per heavy atom. The molecule has 1 aliphatic rings. The van der Waals surface area contributed by atoms with E-state index in [0.717, 1.165) is 0 Å². The molecule has 2 aromatic rings. The molecule has 0 unspecified atom stereocenters. The highest BCUT2D eigenvalue weighted by Crippen LogP contribution is 2.22. The van der Waals surface area contributed by atoms with E-state index in [-0.39, 0.29) is 31.6 Å². The summed E-state index contributed by atoms with van der Waals surface area (Å²) in [6, 6.07) is 12.8. The van der Waals surface area contributed by atoms with E-state index in [1.807, 2.05) is 0 Å². The summed E-state index contributed by atoms with van der Waals surface area (Å²) in [6.45, 7) is 5.38. The Labute approximate surface area is 189 Å². The molecule has 0 N–H and O–H groups in total. The molecule has 2 aromatic carbocycles. The van der Waals surface area contributed by atoms with Gasteiger partial charge in [-0.1, -0.05) is 6.58 Å². The second kappa shape index (κ2) is 10.8. The highest BCUT2D eigenvalue weighted by atomic mass is 16.7. The average Bonchev–Trinajstić information content (AvgIpc) is 3.13. The third-order valence-corrected chi connectivity index (χ3v) is 4.33. The minimum Gasteiger partial charge on any atom is -0.490 e. The largest absolute Gasteiger partial charge is 0.490 e. The molecule has 33 heavy (non-hydrogen) atoms. The van der Waals surface area contributed by atoms with Gasteiger partial charge in [-0.05, 0) is 55.5 Å². The van der Waals surface area contributed by atoms with Gasteiger partial charge < -0.3 is 14.3 Å². The Morgan fingerprint density at radius 2 is 1.45 bits per heavy atom. The Morgan fingerprint density at radius 1 is 0.909 bits per heavy atom. The van der Waals surface area contributed by atoms with E-state index in [2.05, 4.69) is 16.8 Å². The maximum atomic E-state index is 12.1. The second-order valence-corrected chi connectivity index (χ2v) is 6.97. The number of hydrogen-bond acceptors (Lipinski definition) is 9. The molecule has 0 aliphatic carbocycles. The zero-order valence-electron chi connectivity index (χ0n) is 17.9. The minimum absolute atomic E-state index is 0.0312. The number of hydroxylamine groups is 2. The molecule has 1 fully saturated rings. The number of imide groups is 1. The number of amides is 2. The van der Waals surface area contributed by atoms with Crippen LogP contribution in [-0.4, -0.2) is 42.0 Å². The molecule has 2 amide bonds. The first-order valence-corrected chi connectivity index (χ1v) is 9.99. The number of carbonyl (C=O) groups excluding carboxylic acids is 4. The summed E-state index contributed by atoms with van der Waals surface area (Å²) in [5.41, 5.74) is 1.55. The molecule has 0 saturated carbocycles. The summed E-state index contributed by atoms with van der Waals surface area (Å²) >= 11 is 0. The summed E-state index contributed by atoms with van der Waals surface area (Å²) in [7, 11) is 0. The van der Waals surface area contributed by atoms with Gasteiger partial charge >= 0.3 is 11.9 Å². The van der Waals surface area contributed by atoms with Crippen LogP contribution in [0.25, 0.3) is 0 Å². The van der Waals surface area contributed by atoms with E-state index in [9.17, 15) is 19.2 Å². The fraction of sp³-hybridized carbons (Fsp3) is 0.217. The van der Waals surface area contributed by atoms with Crippen molar-refractivity contribution in [1.29, 1.82) is 0 Å². The summed E-state index contributed by atoms with van der Waals surface area (Å²) in [5.74, 6) is -1.77. The highest BCUT2D eigenvalue weighted by molar-refractivity contribution is 6.02. The third-order valence-electron chi connectivity index (χ3n) is 4.33. The summed E-state index contributed by atoms with van der Waals surface area (Å²) in [4.78, 5) is 51.3. The lowest BCUT2D eigenvalue weighted by Crippen LogP contribution is -2.32. The van der Waals surface area contributed by atoms with E-state index in [1.165, 1.54) is 12.1 Å². The van der Waals surface area contributed by atoms with Crippen molar-refractivity contribution in [3.05, 3.63) is 66.2 Å². The molecule has 0 bridgehead atoms. The van der Waals surface area contributed by atoms with Gasteiger partial charge in [-0.3, -0.25) is 9.59 Å². The van der Waals surface area contributed by atoms with Gasteiger partial charge in [-0.2, -0.15) is 10.2 Å². The van der Waals surface area contributed by atoms with E-state index in [0.29, 0.717) is 27.8 Å². The van der Waals surface area contributed by atoms with Crippen molar-refractivity contribution in [3.8, 4) is 5.75 Å². The van der Waals surface area contributed by atoms with Gasteiger partial charge in [0, 0.05) is 18.4 Å². The third kappa shape index (κ3) is 6.57. The number of hydrogen-bond donors (Lipinski definition) is 0. The van der Waals surface area contributed by atoms with Crippen LogP contribution in [0.5, 0.6) is 5.75 Å². The lowest BCUT2D eigenvalue weighted by molar-refractivity contribution is -0.172. The number of nitrogens with zero attached hydrogens (tertiary/aromatic N) is 3. The first-order chi connectivity index (χ1) is 15.8. The van der Waals surface area contributed by atoms with Crippen molar-refractivity contribution in [2.45, 2.75) is 19.8 Å². The Bertz CT molecular complexity index is 1080. The molecule has 0 atom stereocenters. The standard InChI is InChI=1S/C23H21N3O7/c1-15(2)22(29)32-14-13-31-19-9-7-18(8-10-19)25-24-17-5-3-16(4-6-17)23(30)33-26-20(27)11-12-21(26)28/h3-10H,1,11-14H2,2H3. The second-order valence-electron chi connectivity index (χ2n) is 6.97. The zero-order valence-corrected chi connectivity index (χ0v) is 17.9. The van der Waals surface area contributed by atoms with Crippen LogP contribution in [0, 0.1) is 0 Å². The quantitative estimate of drug-likeness (QED) is 0.187. The Balaban J connectivity index is 1.49. The van der Waals surface area contributed by atoms with Crippen LogP contribution in [-0.2, 0) is 24.0 Å². The number of rotatable bonds is 9. The number of ether oxygens (including phenoxy) is 2. The number of esters is 1. The molecule has 1 saturated heterocycles. The molecule has 3 rings (SSSR count). The van der Waals surface area contributed by atoms with Gasteiger partial charge in [0.05, 0.1) is 16.9 Å². The van der Waals surface area contributed by atoms with Crippen LogP contribution in [0.15, 0.2) is 70.9 Å². The smallest absolute Gasteiger partial charge is 0.363 e.